The molecule has 1 heterocycles. The predicted octanol–water partition coefficient (Wildman–Crippen LogP) is 2.91. The number of hydrogen-bond acceptors (Lipinski definition) is 3. The first-order valence-corrected chi connectivity index (χ1v) is 5.40. The molecule has 1 aromatic carbocycles. The molecule has 1 aromatic heterocycles. The Labute approximate surface area is 99.1 Å². The van der Waals surface area contributed by atoms with Crippen molar-refractivity contribution in [1.82, 2.24) is 0 Å². The Morgan fingerprint density at radius 2 is 2.12 bits per heavy atom. The summed E-state index contributed by atoms with van der Waals surface area (Å²) >= 11 is 0. The first-order chi connectivity index (χ1) is 8.29. The molecule has 0 radical (unpaired) electrons. The number of carbonyl (C=O) groups is 2. The molecule has 0 aliphatic heterocycles. The van der Waals surface area contributed by atoms with Crippen LogP contribution in [0.3, 0.4) is 0 Å². The monoisotopic (exact) mass is 228 g/mol. The molecule has 2 rings (SSSR count). The van der Waals surface area contributed by atoms with Crippen molar-refractivity contribution in [2.75, 3.05) is 0 Å². The zero-order valence-corrected chi connectivity index (χ0v) is 9.26. The van der Waals surface area contributed by atoms with Gasteiger partial charge in [-0.2, -0.15) is 0 Å². The summed E-state index contributed by atoms with van der Waals surface area (Å²) in [6.45, 7) is 0. The SMILES string of the molecule is O=Cc1cccc(C(=O)CCc2ccco2)c1. The van der Waals surface area contributed by atoms with Crippen molar-refractivity contribution in [2.45, 2.75) is 12.8 Å². The molecule has 0 atom stereocenters. The number of carbonyl (C=O) groups excluding carboxylic acids is 2. The predicted molar refractivity (Wildman–Crippen MR) is 63.2 cm³/mol. The van der Waals surface area contributed by atoms with Gasteiger partial charge in [0, 0.05) is 24.0 Å². The summed E-state index contributed by atoms with van der Waals surface area (Å²) in [7, 11) is 0. The van der Waals surface area contributed by atoms with Gasteiger partial charge in [-0.3, -0.25) is 9.59 Å². The van der Waals surface area contributed by atoms with Gasteiger partial charge < -0.3 is 4.42 Å². The smallest absolute Gasteiger partial charge is 0.163 e. The van der Waals surface area contributed by atoms with Crippen LogP contribution in [-0.4, -0.2) is 12.1 Å². The molecule has 0 amide bonds. The summed E-state index contributed by atoms with van der Waals surface area (Å²) in [6, 6.07) is 10.4. The number of rotatable bonds is 5. The van der Waals surface area contributed by atoms with Crippen LogP contribution in [0.25, 0.3) is 0 Å². The molecule has 0 unspecified atom stereocenters. The first kappa shape index (κ1) is 11.3. The molecule has 0 saturated heterocycles. The van der Waals surface area contributed by atoms with Crippen LogP contribution in [0.2, 0.25) is 0 Å². The third-order valence-corrected chi connectivity index (χ3v) is 2.52. The van der Waals surface area contributed by atoms with Crippen molar-refractivity contribution in [2.24, 2.45) is 0 Å². The molecule has 0 N–H and O–H groups in total. The normalized spacial score (nSPS) is 10.1. The standard InChI is InChI=1S/C14H12O3/c15-10-11-3-1-4-12(9-11)14(16)7-6-13-5-2-8-17-13/h1-5,8-10H,6-7H2. The second kappa shape index (κ2) is 5.25. The lowest BCUT2D eigenvalue weighted by Crippen LogP contribution is -2.01. The molecule has 86 valence electrons. The Balaban J connectivity index is 2.01. The molecule has 0 bridgehead atoms. The quantitative estimate of drug-likeness (QED) is 0.584. The molecule has 0 aliphatic carbocycles. The summed E-state index contributed by atoms with van der Waals surface area (Å²) in [4.78, 5) is 22.5. The van der Waals surface area contributed by atoms with Gasteiger partial charge in [-0.25, -0.2) is 0 Å². The number of aryl methyl sites for hydroxylation is 1. The average Bonchev–Trinajstić information content (AvgIpc) is 2.89. The van der Waals surface area contributed by atoms with E-state index in [2.05, 4.69) is 0 Å². The van der Waals surface area contributed by atoms with Gasteiger partial charge in [0.15, 0.2) is 5.78 Å². The molecular formula is C14H12O3. The number of aldehydes is 1. The Morgan fingerprint density at radius 3 is 2.82 bits per heavy atom. The lowest BCUT2D eigenvalue weighted by Gasteiger charge is -2.00. The minimum Gasteiger partial charge on any atom is -0.469 e. The Bertz CT molecular complexity index is 512. The Hall–Kier alpha value is -2.16. The van der Waals surface area contributed by atoms with Gasteiger partial charge in [0.05, 0.1) is 6.26 Å². The van der Waals surface area contributed by atoms with E-state index < -0.39 is 0 Å². The zero-order valence-electron chi connectivity index (χ0n) is 9.26. The van der Waals surface area contributed by atoms with Crippen LogP contribution < -0.4 is 0 Å². The van der Waals surface area contributed by atoms with Crippen LogP contribution in [0, 0.1) is 0 Å². The molecule has 3 nitrogen and oxygen atoms in total. The molecule has 0 fully saturated rings. The Morgan fingerprint density at radius 1 is 1.24 bits per heavy atom. The van der Waals surface area contributed by atoms with E-state index >= 15 is 0 Å². The van der Waals surface area contributed by atoms with Crippen molar-refractivity contribution in [3.05, 3.63) is 59.5 Å². The fraction of sp³-hybridized carbons (Fsp3) is 0.143. The van der Waals surface area contributed by atoms with E-state index in [0.29, 0.717) is 24.0 Å². The van der Waals surface area contributed by atoms with Gasteiger partial charge in [-0.15, -0.1) is 0 Å². The van der Waals surface area contributed by atoms with Gasteiger partial charge in [-0.1, -0.05) is 18.2 Å². The van der Waals surface area contributed by atoms with Crippen LogP contribution in [0.15, 0.2) is 47.1 Å². The van der Waals surface area contributed by atoms with E-state index in [1.54, 1.807) is 36.6 Å². The minimum atomic E-state index is 0.0186. The van der Waals surface area contributed by atoms with Crippen molar-refractivity contribution < 1.29 is 14.0 Å². The summed E-state index contributed by atoms with van der Waals surface area (Å²) in [5.41, 5.74) is 1.09. The molecule has 17 heavy (non-hydrogen) atoms. The van der Waals surface area contributed by atoms with E-state index in [0.717, 1.165) is 12.0 Å². The summed E-state index contributed by atoms with van der Waals surface area (Å²) in [6.07, 6.45) is 3.29. The molecule has 0 aliphatic rings. The highest BCUT2D eigenvalue weighted by Gasteiger charge is 2.07. The first-order valence-electron chi connectivity index (χ1n) is 5.40. The van der Waals surface area contributed by atoms with Crippen LogP contribution in [0.4, 0.5) is 0 Å². The lowest BCUT2D eigenvalue weighted by molar-refractivity contribution is 0.0981. The van der Waals surface area contributed by atoms with Crippen LogP contribution in [-0.2, 0) is 6.42 Å². The molecule has 3 heteroatoms. The summed E-state index contributed by atoms with van der Waals surface area (Å²) in [5, 5.41) is 0. The highest BCUT2D eigenvalue weighted by atomic mass is 16.3. The van der Waals surface area contributed by atoms with Crippen LogP contribution in [0.1, 0.15) is 32.9 Å². The second-order valence-corrected chi connectivity index (χ2v) is 3.75. The van der Waals surface area contributed by atoms with Gasteiger partial charge >= 0.3 is 0 Å². The maximum absolute atomic E-state index is 11.9. The average molecular weight is 228 g/mol. The highest BCUT2D eigenvalue weighted by Crippen LogP contribution is 2.10. The lowest BCUT2D eigenvalue weighted by atomic mass is 10.0. The Kier molecular flexibility index (Phi) is 3.50. The molecule has 0 saturated carbocycles. The number of Topliss-reactive ketones (excluding diaryl/α,β-unsaturated/α-hetero) is 1. The fourth-order valence-electron chi connectivity index (χ4n) is 1.62. The topological polar surface area (TPSA) is 47.3 Å². The third kappa shape index (κ3) is 2.91. The fourth-order valence-corrected chi connectivity index (χ4v) is 1.62. The van der Waals surface area contributed by atoms with Crippen molar-refractivity contribution >= 4 is 12.1 Å². The number of ketones is 1. The third-order valence-electron chi connectivity index (χ3n) is 2.52. The summed E-state index contributed by atoms with van der Waals surface area (Å²) in [5.74, 6) is 0.815. The van der Waals surface area contributed by atoms with Crippen LogP contribution in [0.5, 0.6) is 0 Å². The van der Waals surface area contributed by atoms with Crippen molar-refractivity contribution in [3.8, 4) is 0 Å². The van der Waals surface area contributed by atoms with Gasteiger partial charge in [0.2, 0.25) is 0 Å². The van der Waals surface area contributed by atoms with E-state index in [1.165, 1.54) is 0 Å². The van der Waals surface area contributed by atoms with Gasteiger partial charge in [-0.05, 0) is 18.2 Å². The second-order valence-electron chi connectivity index (χ2n) is 3.75. The largest absolute Gasteiger partial charge is 0.469 e. The van der Waals surface area contributed by atoms with Crippen LogP contribution >= 0.6 is 0 Å². The van der Waals surface area contributed by atoms with E-state index in [-0.39, 0.29) is 5.78 Å². The maximum atomic E-state index is 11.9. The zero-order chi connectivity index (χ0) is 12.1. The van der Waals surface area contributed by atoms with E-state index in [4.69, 9.17) is 4.42 Å². The molecular weight excluding hydrogens is 216 g/mol. The van der Waals surface area contributed by atoms with E-state index in [9.17, 15) is 9.59 Å². The van der Waals surface area contributed by atoms with E-state index in [1.807, 2.05) is 6.07 Å². The minimum absolute atomic E-state index is 0.0186. The summed E-state index contributed by atoms with van der Waals surface area (Å²) < 4.78 is 5.16. The maximum Gasteiger partial charge on any atom is 0.163 e. The van der Waals surface area contributed by atoms with Crippen molar-refractivity contribution in [1.29, 1.82) is 0 Å². The number of hydrogen-bond donors (Lipinski definition) is 0. The van der Waals surface area contributed by atoms with Crippen molar-refractivity contribution in [3.63, 3.8) is 0 Å². The molecule has 2 aromatic rings. The van der Waals surface area contributed by atoms with Gasteiger partial charge in [0.1, 0.15) is 12.0 Å². The number of furan rings is 1. The highest BCUT2D eigenvalue weighted by molar-refractivity contribution is 5.97. The number of benzene rings is 1. The molecule has 0 spiro atoms. The van der Waals surface area contributed by atoms with Gasteiger partial charge in [0.25, 0.3) is 0 Å².